The van der Waals surface area contributed by atoms with Crippen LogP contribution in [0.2, 0.25) is 0 Å². The predicted molar refractivity (Wildman–Crippen MR) is 91.6 cm³/mol. The molecule has 132 valence electrons. The minimum Gasteiger partial charge on any atom is -0.354 e. The summed E-state index contributed by atoms with van der Waals surface area (Å²) in [6.45, 7) is 2.63. The van der Waals surface area contributed by atoms with Crippen LogP contribution >= 0.6 is 12.4 Å². The Bertz CT molecular complexity index is 605. The highest BCUT2D eigenvalue weighted by Crippen LogP contribution is 2.58. The molecule has 1 aliphatic carbocycles. The molecule has 1 heterocycles. The summed E-state index contributed by atoms with van der Waals surface area (Å²) in [5.74, 6) is -0.808. The van der Waals surface area contributed by atoms with Gasteiger partial charge in [0.2, 0.25) is 5.91 Å². The van der Waals surface area contributed by atoms with Crippen LogP contribution in [0.3, 0.4) is 0 Å². The third kappa shape index (κ3) is 4.05. The maximum Gasteiger partial charge on any atom is 0.254 e. The van der Waals surface area contributed by atoms with Crippen LogP contribution in [0.15, 0.2) is 24.3 Å². The first-order valence-corrected chi connectivity index (χ1v) is 8.14. The molecule has 1 aromatic carbocycles. The van der Waals surface area contributed by atoms with E-state index in [-0.39, 0.29) is 35.2 Å². The average Bonchev–Trinajstić information content (AvgIpc) is 3.25. The number of benzene rings is 1. The summed E-state index contributed by atoms with van der Waals surface area (Å²) in [5.41, 5.74) is 0.237. The summed E-state index contributed by atoms with van der Waals surface area (Å²) in [6.07, 6.45) is 3.10. The molecule has 2 amide bonds. The Morgan fingerprint density at radius 3 is 2.54 bits per heavy atom. The predicted octanol–water partition coefficient (Wildman–Crippen LogP) is 1.48. The zero-order chi connectivity index (χ0) is 16.3. The van der Waals surface area contributed by atoms with Gasteiger partial charge in [-0.25, -0.2) is 4.39 Å². The van der Waals surface area contributed by atoms with Crippen LogP contribution in [0.25, 0.3) is 0 Å². The minimum absolute atomic E-state index is 0. The number of rotatable bonds is 5. The molecule has 1 spiro atoms. The minimum atomic E-state index is -0.542. The van der Waals surface area contributed by atoms with E-state index in [1.165, 1.54) is 12.1 Å². The Labute approximate surface area is 147 Å². The summed E-state index contributed by atoms with van der Waals surface area (Å²) in [4.78, 5) is 24.0. The third-order valence-electron chi connectivity index (χ3n) is 4.93. The van der Waals surface area contributed by atoms with Crippen LogP contribution in [0.1, 0.15) is 29.6 Å². The molecule has 1 aromatic rings. The molecule has 2 aliphatic rings. The number of carbonyl (C=O) groups is 2. The Balaban J connectivity index is 0.00000208. The Morgan fingerprint density at radius 1 is 1.17 bits per heavy atom. The molecule has 2 fully saturated rings. The molecule has 0 bridgehead atoms. The Hall–Kier alpha value is -1.66. The molecule has 1 atom stereocenters. The first kappa shape index (κ1) is 18.7. The topological polar surface area (TPSA) is 70.2 Å². The summed E-state index contributed by atoms with van der Waals surface area (Å²) in [7, 11) is 0. The fraction of sp³-hybridized carbons (Fsp3) is 0.529. The molecule has 5 nitrogen and oxygen atoms in total. The van der Waals surface area contributed by atoms with Gasteiger partial charge in [-0.05, 0) is 49.9 Å². The Morgan fingerprint density at radius 2 is 1.83 bits per heavy atom. The summed E-state index contributed by atoms with van der Waals surface area (Å²) < 4.78 is 13.5. The van der Waals surface area contributed by atoms with Gasteiger partial charge in [0, 0.05) is 19.0 Å². The second-order valence-corrected chi connectivity index (χ2v) is 6.40. The highest BCUT2D eigenvalue weighted by Gasteiger charge is 2.57. The van der Waals surface area contributed by atoms with E-state index in [1.807, 2.05) is 0 Å². The van der Waals surface area contributed by atoms with Gasteiger partial charge in [0.1, 0.15) is 5.82 Å². The van der Waals surface area contributed by atoms with Crippen LogP contribution in [0, 0.1) is 17.2 Å². The van der Waals surface area contributed by atoms with E-state index in [2.05, 4.69) is 16.0 Å². The van der Waals surface area contributed by atoms with Crippen LogP contribution in [0.5, 0.6) is 0 Å². The lowest BCUT2D eigenvalue weighted by Gasteiger charge is -2.23. The van der Waals surface area contributed by atoms with Crippen molar-refractivity contribution in [3.8, 4) is 0 Å². The number of piperidine rings is 1. The smallest absolute Gasteiger partial charge is 0.254 e. The molecule has 3 N–H and O–H groups in total. The van der Waals surface area contributed by atoms with Crippen molar-refractivity contribution >= 4 is 24.2 Å². The molecule has 3 rings (SSSR count). The fourth-order valence-electron chi connectivity index (χ4n) is 3.42. The van der Waals surface area contributed by atoms with Crippen molar-refractivity contribution in [3.63, 3.8) is 0 Å². The average molecular weight is 356 g/mol. The standard InChI is InChI=1S/C17H22FN3O2.ClH/c18-14-4-2-1-3-12(14)15(22)20-9-10-21-16(23)13-11-17(13)5-7-19-8-6-17;/h1-4,13,19H,5-11H2,(H,20,22)(H,21,23);1H. The second kappa shape index (κ2) is 7.94. The van der Waals surface area contributed by atoms with E-state index in [0.717, 1.165) is 32.4 Å². The van der Waals surface area contributed by atoms with E-state index in [4.69, 9.17) is 0 Å². The second-order valence-electron chi connectivity index (χ2n) is 6.40. The number of carbonyl (C=O) groups excluding carboxylic acids is 2. The zero-order valence-electron chi connectivity index (χ0n) is 13.4. The summed E-state index contributed by atoms with van der Waals surface area (Å²) in [6, 6.07) is 5.85. The van der Waals surface area contributed by atoms with Crippen LogP contribution < -0.4 is 16.0 Å². The molecule has 1 aliphatic heterocycles. The highest BCUT2D eigenvalue weighted by atomic mass is 35.5. The normalized spacial score (nSPS) is 20.8. The van der Waals surface area contributed by atoms with Gasteiger partial charge >= 0.3 is 0 Å². The number of nitrogens with one attached hydrogen (secondary N) is 3. The third-order valence-corrected chi connectivity index (χ3v) is 4.93. The van der Waals surface area contributed by atoms with E-state index in [0.29, 0.717) is 13.1 Å². The SMILES string of the molecule is Cl.O=C(NCCNC(=O)C1CC12CCNCC2)c1ccccc1F. The quantitative estimate of drug-likeness (QED) is 0.701. The van der Waals surface area contributed by atoms with E-state index < -0.39 is 11.7 Å². The molecule has 1 saturated heterocycles. The summed E-state index contributed by atoms with van der Waals surface area (Å²) >= 11 is 0. The van der Waals surface area contributed by atoms with Crippen LogP contribution in [0.4, 0.5) is 4.39 Å². The first-order valence-electron chi connectivity index (χ1n) is 8.14. The highest BCUT2D eigenvalue weighted by molar-refractivity contribution is 5.94. The first-order chi connectivity index (χ1) is 11.1. The molecule has 1 saturated carbocycles. The molecular formula is C17H23ClFN3O2. The number of amides is 2. The lowest BCUT2D eigenvalue weighted by atomic mass is 9.92. The number of hydrogen-bond donors (Lipinski definition) is 3. The lowest BCUT2D eigenvalue weighted by Crippen LogP contribution is -2.37. The van der Waals surface area contributed by atoms with Gasteiger partial charge in [-0.15, -0.1) is 12.4 Å². The molecule has 24 heavy (non-hydrogen) atoms. The van der Waals surface area contributed by atoms with Crippen LogP contribution in [-0.4, -0.2) is 38.0 Å². The number of hydrogen-bond acceptors (Lipinski definition) is 3. The fourth-order valence-corrected chi connectivity index (χ4v) is 3.42. The zero-order valence-corrected chi connectivity index (χ0v) is 14.3. The molecule has 7 heteroatoms. The monoisotopic (exact) mass is 355 g/mol. The van der Waals surface area contributed by atoms with Gasteiger partial charge in [0.05, 0.1) is 5.56 Å². The van der Waals surface area contributed by atoms with Crippen molar-refractivity contribution in [3.05, 3.63) is 35.6 Å². The van der Waals surface area contributed by atoms with Gasteiger partial charge in [0.15, 0.2) is 0 Å². The van der Waals surface area contributed by atoms with Gasteiger partial charge in [-0.2, -0.15) is 0 Å². The van der Waals surface area contributed by atoms with Crippen molar-refractivity contribution in [1.29, 1.82) is 0 Å². The van der Waals surface area contributed by atoms with E-state index in [9.17, 15) is 14.0 Å². The number of halogens is 2. The maximum absolute atomic E-state index is 13.5. The van der Waals surface area contributed by atoms with Crippen molar-refractivity contribution in [2.45, 2.75) is 19.3 Å². The van der Waals surface area contributed by atoms with E-state index in [1.54, 1.807) is 12.1 Å². The molecular weight excluding hydrogens is 333 g/mol. The molecule has 0 aromatic heterocycles. The van der Waals surface area contributed by atoms with Crippen molar-refractivity contribution < 1.29 is 14.0 Å². The molecule has 0 radical (unpaired) electrons. The van der Waals surface area contributed by atoms with Crippen molar-refractivity contribution in [2.24, 2.45) is 11.3 Å². The maximum atomic E-state index is 13.5. The van der Waals surface area contributed by atoms with Crippen molar-refractivity contribution in [2.75, 3.05) is 26.2 Å². The summed E-state index contributed by atoms with van der Waals surface area (Å²) in [5, 5.41) is 8.81. The van der Waals surface area contributed by atoms with Gasteiger partial charge in [0.25, 0.3) is 5.91 Å². The van der Waals surface area contributed by atoms with Gasteiger partial charge < -0.3 is 16.0 Å². The Kier molecular flexibility index (Phi) is 6.18. The lowest BCUT2D eigenvalue weighted by molar-refractivity contribution is -0.123. The molecule has 1 unspecified atom stereocenters. The van der Waals surface area contributed by atoms with Crippen LogP contribution in [-0.2, 0) is 4.79 Å². The van der Waals surface area contributed by atoms with Gasteiger partial charge in [-0.1, -0.05) is 12.1 Å². The van der Waals surface area contributed by atoms with Crippen molar-refractivity contribution in [1.82, 2.24) is 16.0 Å². The largest absolute Gasteiger partial charge is 0.354 e. The van der Waals surface area contributed by atoms with E-state index >= 15 is 0 Å². The van der Waals surface area contributed by atoms with Gasteiger partial charge in [-0.3, -0.25) is 9.59 Å².